The molecule has 0 saturated heterocycles. The van der Waals surface area contributed by atoms with Crippen molar-refractivity contribution < 1.29 is 4.79 Å². The van der Waals surface area contributed by atoms with Gasteiger partial charge in [0.1, 0.15) is 0 Å². The van der Waals surface area contributed by atoms with Gasteiger partial charge in [-0.1, -0.05) is 15.9 Å². The van der Waals surface area contributed by atoms with Gasteiger partial charge in [0, 0.05) is 29.2 Å². The van der Waals surface area contributed by atoms with E-state index >= 15 is 0 Å². The van der Waals surface area contributed by atoms with Crippen LogP contribution >= 0.6 is 15.9 Å². The molecular weight excluding hydrogens is 308 g/mol. The highest BCUT2D eigenvalue weighted by molar-refractivity contribution is 9.10. The quantitative estimate of drug-likeness (QED) is 0.727. The van der Waals surface area contributed by atoms with Gasteiger partial charge in [-0.2, -0.15) is 0 Å². The summed E-state index contributed by atoms with van der Waals surface area (Å²) in [6.07, 6.45) is 0. The highest BCUT2D eigenvalue weighted by Crippen LogP contribution is 2.10. The number of nitrogens with one attached hydrogen (secondary N) is 3. The summed E-state index contributed by atoms with van der Waals surface area (Å²) in [5, 5.41) is 9.20. The van der Waals surface area contributed by atoms with E-state index in [2.05, 4.69) is 43.8 Å². The number of aliphatic imine (C=N–C) groups is 1. The van der Waals surface area contributed by atoms with Gasteiger partial charge in [-0.05, 0) is 31.2 Å². The molecule has 1 atom stereocenters. The second-order valence-electron chi connectivity index (χ2n) is 4.42. The van der Waals surface area contributed by atoms with Crippen LogP contribution in [0.25, 0.3) is 0 Å². The highest BCUT2D eigenvalue weighted by Gasteiger charge is 2.11. The van der Waals surface area contributed by atoms with Gasteiger partial charge in [0.05, 0.1) is 6.54 Å². The van der Waals surface area contributed by atoms with Crippen molar-refractivity contribution in [3.05, 3.63) is 34.3 Å². The Bertz CT molecular complexity index is 472. The van der Waals surface area contributed by atoms with Crippen molar-refractivity contribution in [1.29, 1.82) is 0 Å². The number of halogens is 1. The van der Waals surface area contributed by atoms with Crippen LogP contribution in [-0.4, -0.2) is 37.5 Å². The predicted molar refractivity (Wildman–Crippen MR) is 79.4 cm³/mol. The van der Waals surface area contributed by atoms with Crippen LogP contribution in [0.2, 0.25) is 0 Å². The van der Waals surface area contributed by atoms with Crippen LogP contribution in [0.5, 0.6) is 0 Å². The van der Waals surface area contributed by atoms with E-state index < -0.39 is 0 Å². The molecule has 2 rings (SSSR count). The van der Waals surface area contributed by atoms with Crippen molar-refractivity contribution in [2.75, 3.05) is 19.6 Å². The third-order valence-electron chi connectivity index (χ3n) is 2.72. The first-order valence-corrected chi connectivity index (χ1v) is 7.03. The monoisotopic (exact) mass is 324 g/mol. The maximum Gasteiger partial charge on any atom is 0.251 e. The first-order chi connectivity index (χ1) is 9.15. The molecule has 1 aliphatic rings. The lowest BCUT2D eigenvalue weighted by atomic mass is 10.2. The fourth-order valence-corrected chi connectivity index (χ4v) is 1.98. The lowest BCUT2D eigenvalue weighted by Gasteiger charge is -2.09. The Labute approximate surface area is 121 Å². The second kappa shape index (κ2) is 6.56. The van der Waals surface area contributed by atoms with Crippen LogP contribution in [0.4, 0.5) is 0 Å². The summed E-state index contributed by atoms with van der Waals surface area (Å²) in [6.45, 7) is 4.09. The Morgan fingerprint density at radius 3 is 2.79 bits per heavy atom. The van der Waals surface area contributed by atoms with Gasteiger partial charge in [-0.15, -0.1) is 0 Å². The first-order valence-electron chi connectivity index (χ1n) is 6.24. The zero-order valence-corrected chi connectivity index (χ0v) is 12.3. The molecule has 1 heterocycles. The molecule has 0 aliphatic carbocycles. The third-order valence-corrected chi connectivity index (χ3v) is 3.24. The standard InChI is InChI=1S/C13H17BrN4O/c1-9-8-17-13(18-9)16-7-6-15-12(19)10-2-4-11(14)5-3-10/h2-5,9H,6-8H2,1H3,(H,15,19)(H2,16,17,18). The molecule has 0 bridgehead atoms. The van der Waals surface area contributed by atoms with E-state index in [1.165, 1.54) is 0 Å². The molecule has 1 aliphatic heterocycles. The van der Waals surface area contributed by atoms with Crippen LogP contribution in [0, 0.1) is 0 Å². The Morgan fingerprint density at radius 1 is 1.42 bits per heavy atom. The molecule has 1 unspecified atom stereocenters. The van der Waals surface area contributed by atoms with Gasteiger partial charge in [0.25, 0.3) is 5.91 Å². The van der Waals surface area contributed by atoms with Gasteiger partial charge < -0.3 is 16.0 Å². The Hall–Kier alpha value is -1.56. The number of hydrogen-bond acceptors (Lipinski definition) is 4. The fourth-order valence-electron chi connectivity index (χ4n) is 1.72. The van der Waals surface area contributed by atoms with E-state index in [-0.39, 0.29) is 5.91 Å². The van der Waals surface area contributed by atoms with Crippen molar-refractivity contribution in [1.82, 2.24) is 16.0 Å². The molecule has 19 heavy (non-hydrogen) atoms. The van der Waals surface area contributed by atoms with Gasteiger partial charge in [0.15, 0.2) is 5.96 Å². The SMILES string of the molecule is CC1CN=C(NCCNC(=O)c2ccc(Br)cc2)N1. The van der Waals surface area contributed by atoms with E-state index in [1.807, 2.05) is 12.1 Å². The van der Waals surface area contributed by atoms with Crippen molar-refractivity contribution in [3.8, 4) is 0 Å². The average molecular weight is 325 g/mol. The van der Waals surface area contributed by atoms with Gasteiger partial charge in [0.2, 0.25) is 0 Å². The molecule has 1 amide bonds. The average Bonchev–Trinajstić information content (AvgIpc) is 2.81. The summed E-state index contributed by atoms with van der Waals surface area (Å²) in [5.41, 5.74) is 0.660. The largest absolute Gasteiger partial charge is 0.355 e. The second-order valence-corrected chi connectivity index (χ2v) is 5.34. The number of nitrogens with zero attached hydrogens (tertiary/aromatic N) is 1. The molecule has 0 aromatic heterocycles. The van der Waals surface area contributed by atoms with Crippen LogP contribution < -0.4 is 16.0 Å². The fraction of sp³-hybridized carbons (Fsp3) is 0.385. The summed E-state index contributed by atoms with van der Waals surface area (Å²) in [4.78, 5) is 16.1. The number of guanidine groups is 1. The number of hydrogen-bond donors (Lipinski definition) is 3. The van der Waals surface area contributed by atoms with Crippen molar-refractivity contribution in [3.63, 3.8) is 0 Å². The predicted octanol–water partition coefficient (Wildman–Crippen LogP) is 1.12. The molecule has 102 valence electrons. The molecule has 0 radical (unpaired) electrons. The maximum atomic E-state index is 11.8. The molecule has 6 heteroatoms. The van der Waals surface area contributed by atoms with E-state index in [1.54, 1.807) is 12.1 Å². The maximum absolute atomic E-state index is 11.8. The Balaban J connectivity index is 1.68. The minimum Gasteiger partial charge on any atom is -0.355 e. The summed E-state index contributed by atoms with van der Waals surface area (Å²) in [7, 11) is 0. The molecule has 0 fully saturated rings. The molecular formula is C13H17BrN4O. The molecule has 1 aromatic carbocycles. The van der Waals surface area contributed by atoms with Crippen molar-refractivity contribution in [2.45, 2.75) is 13.0 Å². The molecule has 0 saturated carbocycles. The third kappa shape index (κ3) is 4.24. The van der Waals surface area contributed by atoms with Crippen molar-refractivity contribution in [2.24, 2.45) is 4.99 Å². The molecule has 1 aromatic rings. The van der Waals surface area contributed by atoms with Crippen LogP contribution in [-0.2, 0) is 0 Å². The van der Waals surface area contributed by atoms with Gasteiger partial charge >= 0.3 is 0 Å². The summed E-state index contributed by atoms with van der Waals surface area (Å²) >= 11 is 3.34. The zero-order chi connectivity index (χ0) is 13.7. The topological polar surface area (TPSA) is 65.5 Å². The molecule has 0 spiro atoms. The van der Waals surface area contributed by atoms with Gasteiger partial charge in [-0.25, -0.2) is 0 Å². The lowest BCUT2D eigenvalue weighted by Crippen LogP contribution is -2.41. The number of rotatable bonds is 4. The summed E-state index contributed by atoms with van der Waals surface area (Å²) in [6, 6.07) is 7.67. The smallest absolute Gasteiger partial charge is 0.251 e. The summed E-state index contributed by atoms with van der Waals surface area (Å²) in [5.74, 6) is 0.745. The van der Waals surface area contributed by atoms with Crippen molar-refractivity contribution >= 4 is 27.8 Å². The zero-order valence-electron chi connectivity index (χ0n) is 10.7. The van der Waals surface area contributed by atoms with Crippen LogP contribution in [0.3, 0.4) is 0 Å². The minimum absolute atomic E-state index is 0.0658. The Morgan fingerprint density at radius 2 is 2.16 bits per heavy atom. The number of carbonyl (C=O) groups excluding carboxylic acids is 1. The lowest BCUT2D eigenvalue weighted by molar-refractivity contribution is 0.0954. The Kier molecular flexibility index (Phi) is 4.79. The summed E-state index contributed by atoms with van der Waals surface area (Å²) < 4.78 is 0.963. The molecule has 5 nitrogen and oxygen atoms in total. The number of carbonyl (C=O) groups is 1. The first kappa shape index (κ1) is 13.9. The van der Waals surface area contributed by atoms with E-state index in [9.17, 15) is 4.79 Å². The molecule has 3 N–H and O–H groups in total. The van der Waals surface area contributed by atoms with Crippen LogP contribution in [0.15, 0.2) is 33.7 Å². The minimum atomic E-state index is -0.0658. The number of amides is 1. The normalized spacial score (nSPS) is 17.6. The van der Waals surface area contributed by atoms with E-state index in [4.69, 9.17) is 0 Å². The highest BCUT2D eigenvalue weighted by atomic mass is 79.9. The van der Waals surface area contributed by atoms with E-state index in [0.29, 0.717) is 24.7 Å². The van der Waals surface area contributed by atoms with E-state index in [0.717, 1.165) is 17.0 Å². The number of benzene rings is 1. The van der Waals surface area contributed by atoms with Crippen LogP contribution in [0.1, 0.15) is 17.3 Å². The van der Waals surface area contributed by atoms with Gasteiger partial charge in [-0.3, -0.25) is 9.79 Å².